The molecule has 0 aliphatic carbocycles. The van der Waals surface area contributed by atoms with Crippen LogP contribution in [0.4, 0.5) is 0 Å². The van der Waals surface area contributed by atoms with Crippen molar-refractivity contribution < 1.29 is 14.2 Å². The summed E-state index contributed by atoms with van der Waals surface area (Å²) in [7, 11) is 3.35. The maximum absolute atomic E-state index is 6.36. The normalized spacial score (nSPS) is 26.5. The SMILES string of the molecule is CO[C@@H]1O[C@](OC)(c2ccccc2)c2ccccc2C1(C)C. The molecule has 0 radical (unpaired) electrons. The lowest BCUT2D eigenvalue weighted by Crippen LogP contribution is -2.51. The first-order valence-electron chi connectivity index (χ1n) is 7.47. The second kappa shape index (κ2) is 5.51. The van der Waals surface area contributed by atoms with E-state index in [-0.39, 0.29) is 5.41 Å². The fraction of sp³-hybridized carbons (Fsp3) is 0.368. The first kappa shape index (κ1) is 15.2. The first-order chi connectivity index (χ1) is 10.6. The lowest BCUT2D eigenvalue weighted by Gasteiger charge is -2.48. The zero-order valence-electron chi connectivity index (χ0n) is 13.5. The smallest absolute Gasteiger partial charge is 0.224 e. The summed E-state index contributed by atoms with van der Waals surface area (Å²) in [5, 5.41) is 0. The molecule has 2 atom stereocenters. The van der Waals surface area contributed by atoms with Gasteiger partial charge in [-0.25, -0.2) is 0 Å². The molecule has 3 heteroatoms. The minimum absolute atomic E-state index is 0.262. The molecule has 0 saturated carbocycles. The predicted octanol–water partition coefficient (Wildman–Crippen LogP) is 3.81. The highest BCUT2D eigenvalue weighted by atomic mass is 16.8. The van der Waals surface area contributed by atoms with E-state index in [0.29, 0.717) is 0 Å². The average molecular weight is 298 g/mol. The van der Waals surface area contributed by atoms with Crippen molar-refractivity contribution in [1.29, 1.82) is 0 Å². The van der Waals surface area contributed by atoms with Crippen LogP contribution in [0.1, 0.15) is 30.5 Å². The van der Waals surface area contributed by atoms with E-state index in [1.807, 2.05) is 42.5 Å². The summed E-state index contributed by atoms with van der Waals surface area (Å²) in [5.74, 6) is -0.950. The van der Waals surface area contributed by atoms with E-state index in [0.717, 1.165) is 11.1 Å². The first-order valence-corrected chi connectivity index (χ1v) is 7.47. The molecule has 2 aromatic rings. The van der Waals surface area contributed by atoms with Crippen LogP contribution in [0.5, 0.6) is 0 Å². The Morgan fingerprint density at radius 1 is 0.864 bits per heavy atom. The van der Waals surface area contributed by atoms with Gasteiger partial charge in [0, 0.05) is 30.8 Å². The van der Waals surface area contributed by atoms with E-state index in [1.165, 1.54) is 5.56 Å². The summed E-state index contributed by atoms with van der Waals surface area (Å²) in [6.45, 7) is 4.26. The molecule has 3 nitrogen and oxygen atoms in total. The lowest BCUT2D eigenvalue weighted by atomic mass is 9.75. The number of rotatable bonds is 3. The zero-order chi connectivity index (χ0) is 15.8. The van der Waals surface area contributed by atoms with Crippen LogP contribution >= 0.6 is 0 Å². The van der Waals surface area contributed by atoms with Crippen molar-refractivity contribution in [3.63, 3.8) is 0 Å². The molecule has 2 aromatic carbocycles. The molecule has 0 saturated heterocycles. The molecule has 1 heterocycles. The summed E-state index contributed by atoms with van der Waals surface area (Å²) in [6.07, 6.45) is -0.400. The van der Waals surface area contributed by atoms with E-state index in [1.54, 1.807) is 14.2 Å². The summed E-state index contributed by atoms with van der Waals surface area (Å²) in [5.41, 5.74) is 2.91. The van der Waals surface area contributed by atoms with E-state index >= 15 is 0 Å². The van der Waals surface area contributed by atoms with Gasteiger partial charge in [0.15, 0.2) is 6.29 Å². The molecule has 0 spiro atoms. The fourth-order valence-electron chi connectivity index (χ4n) is 3.32. The van der Waals surface area contributed by atoms with Crippen molar-refractivity contribution in [2.24, 2.45) is 0 Å². The van der Waals surface area contributed by atoms with Crippen LogP contribution in [0.3, 0.4) is 0 Å². The van der Waals surface area contributed by atoms with E-state index in [2.05, 4.69) is 26.0 Å². The van der Waals surface area contributed by atoms with E-state index < -0.39 is 12.1 Å². The molecule has 3 rings (SSSR count). The lowest BCUT2D eigenvalue weighted by molar-refractivity contribution is -0.310. The number of ether oxygens (including phenoxy) is 3. The van der Waals surface area contributed by atoms with Gasteiger partial charge in [0.1, 0.15) is 0 Å². The second-order valence-electron chi connectivity index (χ2n) is 6.14. The average Bonchev–Trinajstić information content (AvgIpc) is 2.56. The monoisotopic (exact) mass is 298 g/mol. The quantitative estimate of drug-likeness (QED) is 0.862. The Morgan fingerprint density at radius 3 is 2.05 bits per heavy atom. The Morgan fingerprint density at radius 2 is 1.45 bits per heavy atom. The zero-order valence-corrected chi connectivity index (χ0v) is 13.5. The molecule has 1 aliphatic heterocycles. The summed E-state index contributed by atoms with van der Waals surface area (Å²) in [4.78, 5) is 0. The van der Waals surface area contributed by atoms with Gasteiger partial charge in [-0.2, -0.15) is 0 Å². The predicted molar refractivity (Wildman–Crippen MR) is 85.6 cm³/mol. The molecular weight excluding hydrogens is 276 g/mol. The summed E-state index contributed by atoms with van der Waals surface area (Å²) in [6, 6.07) is 18.3. The van der Waals surface area contributed by atoms with Crippen molar-refractivity contribution in [1.82, 2.24) is 0 Å². The van der Waals surface area contributed by atoms with Crippen molar-refractivity contribution in [3.05, 3.63) is 71.3 Å². The number of fused-ring (bicyclic) bond motifs is 1. The highest BCUT2D eigenvalue weighted by molar-refractivity contribution is 5.45. The largest absolute Gasteiger partial charge is 0.355 e. The Bertz CT molecular complexity index is 651. The topological polar surface area (TPSA) is 27.7 Å². The van der Waals surface area contributed by atoms with Crippen LogP contribution < -0.4 is 0 Å². The third-order valence-electron chi connectivity index (χ3n) is 4.49. The minimum Gasteiger partial charge on any atom is -0.355 e. The van der Waals surface area contributed by atoms with Crippen molar-refractivity contribution in [2.75, 3.05) is 14.2 Å². The van der Waals surface area contributed by atoms with Gasteiger partial charge in [-0.1, -0.05) is 68.4 Å². The Kier molecular flexibility index (Phi) is 3.81. The maximum Gasteiger partial charge on any atom is 0.224 e. The Balaban J connectivity index is 2.27. The number of hydrogen-bond acceptors (Lipinski definition) is 3. The molecule has 116 valence electrons. The van der Waals surface area contributed by atoms with Crippen LogP contribution in [0.25, 0.3) is 0 Å². The standard InChI is InChI=1S/C19H22O3/c1-18(2)15-12-8-9-13-16(15)19(21-4,22-17(18)20-3)14-10-6-5-7-11-14/h5-13,17H,1-4H3/t17-,19-/m1/s1. The highest BCUT2D eigenvalue weighted by Gasteiger charge is 2.51. The minimum atomic E-state index is -0.950. The van der Waals surface area contributed by atoms with Gasteiger partial charge in [-0.05, 0) is 5.56 Å². The third kappa shape index (κ3) is 2.09. The van der Waals surface area contributed by atoms with Crippen LogP contribution in [0, 0.1) is 0 Å². The van der Waals surface area contributed by atoms with Crippen LogP contribution in [0.2, 0.25) is 0 Å². The van der Waals surface area contributed by atoms with Gasteiger partial charge in [-0.15, -0.1) is 0 Å². The van der Waals surface area contributed by atoms with Gasteiger partial charge >= 0.3 is 0 Å². The van der Waals surface area contributed by atoms with Crippen LogP contribution in [-0.4, -0.2) is 20.5 Å². The summed E-state index contributed by atoms with van der Waals surface area (Å²) >= 11 is 0. The van der Waals surface area contributed by atoms with Gasteiger partial charge in [0.2, 0.25) is 5.79 Å². The molecular formula is C19H22O3. The van der Waals surface area contributed by atoms with E-state index in [9.17, 15) is 0 Å². The van der Waals surface area contributed by atoms with Gasteiger partial charge in [0.25, 0.3) is 0 Å². The number of hydrogen-bond donors (Lipinski definition) is 0. The van der Waals surface area contributed by atoms with Crippen molar-refractivity contribution in [2.45, 2.75) is 31.3 Å². The molecule has 22 heavy (non-hydrogen) atoms. The molecule has 1 aliphatic rings. The molecule has 0 aromatic heterocycles. The Hall–Kier alpha value is -1.68. The van der Waals surface area contributed by atoms with Gasteiger partial charge in [0.05, 0.1) is 0 Å². The van der Waals surface area contributed by atoms with Crippen LogP contribution in [0.15, 0.2) is 54.6 Å². The van der Waals surface area contributed by atoms with Crippen LogP contribution in [-0.2, 0) is 25.4 Å². The highest BCUT2D eigenvalue weighted by Crippen LogP contribution is 2.48. The molecule has 0 unspecified atom stereocenters. The maximum atomic E-state index is 6.36. The van der Waals surface area contributed by atoms with E-state index in [4.69, 9.17) is 14.2 Å². The molecule has 0 amide bonds. The second-order valence-corrected chi connectivity index (χ2v) is 6.14. The van der Waals surface area contributed by atoms with Crippen molar-refractivity contribution >= 4 is 0 Å². The van der Waals surface area contributed by atoms with Gasteiger partial charge in [-0.3, -0.25) is 0 Å². The molecule has 0 bridgehead atoms. The molecule has 0 fully saturated rings. The third-order valence-corrected chi connectivity index (χ3v) is 4.49. The van der Waals surface area contributed by atoms with Gasteiger partial charge < -0.3 is 14.2 Å². The number of methoxy groups -OCH3 is 2. The number of benzene rings is 2. The fourth-order valence-corrected chi connectivity index (χ4v) is 3.32. The summed E-state index contributed by atoms with van der Waals surface area (Å²) < 4.78 is 17.9. The van der Waals surface area contributed by atoms with Crippen molar-refractivity contribution in [3.8, 4) is 0 Å². The Labute approximate surface area is 131 Å². The molecule has 0 N–H and O–H groups in total.